The van der Waals surface area contributed by atoms with Gasteiger partial charge in [-0.25, -0.2) is 4.98 Å². The van der Waals surface area contributed by atoms with Crippen LogP contribution in [0.15, 0.2) is 24.4 Å². The highest BCUT2D eigenvalue weighted by Crippen LogP contribution is 2.29. The van der Waals surface area contributed by atoms with Gasteiger partial charge in [-0.05, 0) is 25.1 Å². The first-order valence-electron chi connectivity index (χ1n) is 5.12. The molecule has 0 saturated carbocycles. The highest BCUT2D eigenvalue weighted by Gasteiger charge is 2.06. The smallest absolute Gasteiger partial charge is 0.210 e. The molecule has 0 aliphatic carbocycles. The molecule has 0 spiro atoms. The van der Waals surface area contributed by atoms with Crippen molar-refractivity contribution in [2.75, 3.05) is 6.61 Å². The van der Waals surface area contributed by atoms with Crippen molar-refractivity contribution in [3.8, 4) is 23.1 Å². The van der Waals surface area contributed by atoms with Crippen molar-refractivity contribution in [1.82, 2.24) is 9.97 Å². The maximum Gasteiger partial charge on any atom is 0.210 e. The average molecular weight is 248 g/mol. The van der Waals surface area contributed by atoms with E-state index in [1.807, 2.05) is 19.1 Å². The van der Waals surface area contributed by atoms with E-state index in [0.717, 1.165) is 11.3 Å². The number of nitrogens with one attached hydrogen (secondary N) is 1. The van der Waals surface area contributed by atoms with Gasteiger partial charge in [-0.3, -0.25) is 0 Å². The van der Waals surface area contributed by atoms with E-state index < -0.39 is 0 Å². The number of imidazole rings is 1. The Bertz CT molecular complexity index is 571. The zero-order valence-electron chi connectivity index (χ0n) is 9.20. The molecule has 0 amide bonds. The summed E-state index contributed by atoms with van der Waals surface area (Å²) < 4.78 is 5.34. The first-order valence-corrected chi connectivity index (χ1v) is 5.50. The predicted molar refractivity (Wildman–Crippen MR) is 64.9 cm³/mol. The third kappa shape index (κ3) is 2.40. The van der Waals surface area contributed by atoms with Crippen LogP contribution in [0.3, 0.4) is 0 Å². The second-order valence-electron chi connectivity index (χ2n) is 3.34. The highest BCUT2D eigenvalue weighted by molar-refractivity contribution is 6.32. The van der Waals surface area contributed by atoms with Gasteiger partial charge in [-0.2, -0.15) is 5.26 Å². The van der Waals surface area contributed by atoms with E-state index >= 15 is 0 Å². The van der Waals surface area contributed by atoms with E-state index in [9.17, 15) is 0 Å². The summed E-state index contributed by atoms with van der Waals surface area (Å²) in [6.45, 7) is 2.47. The number of hydrogen-bond acceptors (Lipinski definition) is 3. The van der Waals surface area contributed by atoms with E-state index in [1.54, 1.807) is 18.3 Å². The second-order valence-corrected chi connectivity index (χ2v) is 3.74. The third-order valence-corrected chi connectivity index (χ3v) is 2.52. The molecule has 0 unspecified atom stereocenters. The molecule has 2 aromatic rings. The lowest BCUT2D eigenvalue weighted by Gasteiger charge is -2.06. The topological polar surface area (TPSA) is 61.7 Å². The van der Waals surface area contributed by atoms with Gasteiger partial charge in [-0.15, -0.1) is 0 Å². The molecule has 0 fully saturated rings. The van der Waals surface area contributed by atoms with Gasteiger partial charge in [0.25, 0.3) is 0 Å². The van der Waals surface area contributed by atoms with Gasteiger partial charge >= 0.3 is 0 Å². The van der Waals surface area contributed by atoms with Gasteiger partial charge in [-0.1, -0.05) is 11.6 Å². The normalized spacial score (nSPS) is 9.94. The number of H-pyrrole nitrogens is 1. The second kappa shape index (κ2) is 4.89. The molecule has 5 heteroatoms. The molecule has 1 aromatic carbocycles. The quantitative estimate of drug-likeness (QED) is 0.907. The Morgan fingerprint density at radius 2 is 2.35 bits per heavy atom. The lowest BCUT2D eigenvalue weighted by molar-refractivity contribution is 0.340. The van der Waals surface area contributed by atoms with Gasteiger partial charge in [0.1, 0.15) is 11.8 Å². The summed E-state index contributed by atoms with van der Waals surface area (Å²) in [4.78, 5) is 6.79. The molecule has 0 aliphatic rings. The molecule has 1 N–H and O–H groups in total. The standard InChI is InChI=1S/C12H10ClN3O/c1-2-17-11-4-3-8(5-9(11)13)10-7-15-12(6-14)16-10/h3-5,7H,2H2,1H3,(H,15,16). The highest BCUT2D eigenvalue weighted by atomic mass is 35.5. The molecule has 1 aromatic heterocycles. The van der Waals surface area contributed by atoms with Gasteiger partial charge in [0, 0.05) is 5.56 Å². The molecular formula is C12H10ClN3O. The van der Waals surface area contributed by atoms with Crippen molar-refractivity contribution < 1.29 is 4.74 Å². The van der Waals surface area contributed by atoms with E-state index in [2.05, 4.69) is 9.97 Å². The van der Waals surface area contributed by atoms with Crippen LogP contribution < -0.4 is 4.74 Å². The summed E-state index contributed by atoms with van der Waals surface area (Å²) in [7, 11) is 0. The van der Waals surface area contributed by atoms with Crippen LogP contribution in [-0.4, -0.2) is 16.6 Å². The molecule has 0 atom stereocenters. The van der Waals surface area contributed by atoms with Crippen LogP contribution in [0.1, 0.15) is 12.7 Å². The van der Waals surface area contributed by atoms with Gasteiger partial charge in [0.15, 0.2) is 0 Å². The number of nitriles is 1. The van der Waals surface area contributed by atoms with Crippen LogP contribution in [-0.2, 0) is 0 Å². The number of halogens is 1. The predicted octanol–water partition coefficient (Wildman–Crippen LogP) is 3.00. The minimum absolute atomic E-state index is 0.282. The Hall–Kier alpha value is -1.99. The zero-order chi connectivity index (χ0) is 12.3. The monoisotopic (exact) mass is 247 g/mol. The Labute approximate surface area is 104 Å². The summed E-state index contributed by atoms with van der Waals surface area (Å²) in [6.07, 6.45) is 1.60. The van der Waals surface area contributed by atoms with Crippen molar-refractivity contribution in [1.29, 1.82) is 5.26 Å². The summed E-state index contributed by atoms with van der Waals surface area (Å²) in [6, 6.07) is 7.38. The minimum Gasteiger partial charge on any atom is -0.492 e. The van der Waals surface area contributed by atoms with Crippen LogP contribution in [0, 0.1) is 11.3 Å². The molecule has 0 radical (unpaired) electrons. The Balaban J connectivity index is 2.34. The first kappa shape index (κ1) is 11.5. The van der Waals surface area contributed by atoms with Crippen molar-refractivity contribution >= 4 is 11.6 Å². The fraction of sp³-hybridized carbons (Fsp3) is 0.167. The number of ether oxygens (including phenoxy) is 1. The molecule has 17 heavy (non-hydrogen) atoms. The van der Waals surface area contributed by atoms with E-state index in [4.69, 9.17) is 21.6 Å². The van der Waals surface area contributed by atoms with Crippen molar-refractivity contribution in [3.63, 3.8) is 0 Å². The number of aromatic nitrogens is 2. The van der Waals surface area contributed by atoms with E-state index in [-0.39, 0.29) is 5.82 Å². The van der Waals surface area contributed by atoms with Crippen LogP contribution in [0.25, 0.3) is 11.3 Å². The summed E-state index contributed by atoms with van der Waals surface area (Å²) >= 11 is 6.07. The van der Waals surface area contributed by atoms with Crippen LogP contribution in [0.4, 0.5) is 0 Å². The number of benzene rings is 1. The molecule has 0 saturated heterocycles. The molecular weight excluding hydrogens is 238 g/mol. The Kier molecular flexibility index (Phi) is 3.31. The van der Waals surface area contributed by atoms with E-state index in [1.165, 1.54) is 0 Å². The Morgan fingerprint density at radius 3 is 2.94 bits per heavy atom. The number of aromatic amines is 1. The summed E-state index contributed by atoms with van der Waals surface area (Å²) in [5, 5.41) is 9.22. The van der Waals surface area contributed by atoms with Crippen molar-refractivity contribution in [3.05, 3.63) is 35.2 Å². The molecule has 1 heterocycles. The Morgan fingerprint density at radius 1 is 1.53 bits per heavy atom. The lowest BCUT2D eigenvalue weighted by Crippen LogP contribution is -1.92. The van der Waals surface area contributed by atoms with Gasteiger partial charge < -0.3 is 9.72 Å². The fourth-order valence-electron chi connectivity index (χ4n) is 1.47. The van der Waals surface area contributed by atoms with E-state index in [0.29, 0.717) is 17.4 Å². The van der Waals surface area contributed by atoms with Gasteiger partial charge in [0.05, 0.1) is 23.5 Å². The maximum absolute atomic E-state index is 8.68. The minimum atomic E-state index is 0.282. The van der Waals surface area contributed by atoms with Crippen LogP contribution in [0.5, 0.6) is 5.75 Å². The summed E-state index contributed by atoms with van der Waals surface area (Å²) in [5.74, 6) is 0.933. The van der Waals surface area contributed by atoms with Crippen molar-refractivity contribution in [2.45, 2.75) is 6.92 Å². The summed E-state index contributed by atoms with van der Waals surface area (Å²) in [5.41, 5.74) is 1.62. The molecule has 4 nitrogen and oxygen atoms in total. The first-order chi connectivity index (χ1) is 8.24. The number of rotatable bonds is 3. The molecule has 86 valence electrons. The van der Waals surface area contributed by atoms with Crippen molar-refractivity contribution in [2.24, 2.45) is 0 Å². The number of nitrogens with zero attached hydrogens (tertiary/aromatic N) is 2. The zero-order valence-corrected chi connectivity index (χ0v) is 9.95. The van der Waals surface area contributed by atoms with Crippen LogP contribution >= 0.6 is 11.6 Å². The third-order valence-electron chi connectivity index (χ3n) is 2.22. The van der Waals surface area contributed by atoms with Gasteiger partial charge in [0.2, 0.25) is 5.82 Å². The maximum atomic E-state index is 8.68. The largest absolute Gasteiger partial charge is 0.492 e. The van der Waals surface area contributed by atoms with Crippen LogP contribution in [0.2, 0.25) is 5.02 Å². The fourth-order valence-corrected chi connectivity index (χ4v) is 1.70. The number of hydrogen-bond donors (Lipinski definition) is 1. The molecule has 2 rings (SSSR count). The SMILES string of the molecule is CCOc1ccc(-c2cnc(C#N)[nH]2)cc1Cl. The molecule has 0 aliphatic heterocycles. The lowest BCUT2D eigenvalue weighted by atomic mass is 10.1. The average Bonchev–Trinajstić information content (AvgIpc) is 2.80. The molecule has 0 bridgehead atoms.